The van der Waals surface area contributed by atoms with E-state index in [9.17, 15) is 25.2 Å². The summed E-state index contributed by atoms with van der Waals surface area (Å²) in [5, 5.41) is 41.7. The summed E-state index contributed by atoms with van der Waals surface area (Å²) in [7, 11) is 0. The Labute approximate surface area is 149 Å². The van der Waals surface area contributed by atoms with Crippen LogP contribution in [0.25, 0.3) is 0 Å². The molecule has 1 spiro atoms. The number of carboxylic acid groups (broad SMARTS) is 1. The fourth-order valence-corrected chi connectivity index (χ4v) is 8.06. The lowest BCUT2D eigenvalue weighted by atomic mass is 9.41. The van der Waals surface area contributed by atoms with Crippen LogP contribution in [0.4, 0.5) is 0 Å². The van der Waals surface area contributed by atoms with Gasteiger partial charge in [0.15, 0.2) is 0 Å². The largest absolute Gasteiger partial charge is 0.481 e. The first-order valence-corrected chi connectivity index (χ1v) is 9.84. The van der Waals surface area contributed by atoms with E-state index < -0.39 is 29.2 Å². The van der Waals surface area contributed by atoms with E-state index in [0.29, 0.717) is 25.2 Å². The van der Waals surface area contributed by atoms with Crippen LogP contribution < -0.4 is 0 Å². The van der Waals surface area contributed by atoms with E-state index in [-0.39, 0.29) is 16.7 Å². The molecule has 4 rings (SSSR count). The van der Waals surface area contributed by atoms with Gasteiger partial charge in [-0.25, -0.2) is 0 Å². The fraction of sp³-hybridized carbons (Fsp3) is 0.950. The molecule has 4 aliphatic rings. The summed E-state index contributed by atoms with van der Waals surface area (Å²) in [5.74, 6) is -0.209. The fourth-order valence-electron chi connectivity index (χ4n) is 8.06. The van der Waals surface area contributed by atoms with Crippen molar-refractivity contribution in [3.63, 3.8) is 0 Å². The Hall–Kier alpha value is -0.650. The standard InChI is InChI=1S/C20H32O5/c1-16-6-3-7-17(2,15(22)23)13(16)4-8-18-10-19(24,9-5-14(16)18)20(25,11-18)12-21/h13-14,21,24-25H,3-12H2,1-2H3,(H,22,23)/t13?,14?,16-,17-,18+,19+,20-/m1/s1. The molecule has 4 fully saturated rings. The van der Waals surface area contributed by atoms with Crippen LogP contribution in [0.1, 0.15) is 71.6 Å². The zero-order valence-corrected chi connectivity index (χ0v) is 15.4. The maximum absolute atomic E-state index is 12.1. The van der Waals surface area contributed by atoms with Gasteiger partial charge < -0.3 is 20.4 Å². The first-order chi connectivity index (χ1) is 11.6. The summed E-state index contributed by atoms with van der Waals surface area (Å²) in [6.07, 6.45) is 6.72. The van der Waals surface area contributed by atoms with Crippen molar-refractivity contribution in [2.75, 3.05) is 6.61 Å². The summed E-state index contributed by atoms with van der Waals surface area (Å²) >= 11 is 0. The van der Waals surface area contributed by atoms with E-state index in [1.807, 2.05) is 6.92 Å². The number of rotatable bonds is 2. The molecule has 25 heavy (non-hydrogen) atoms. The van der Waals surface area contributed by atoms with Gasteiger partial charge in [-0.3, -0.25) is 4.79 Å². The van der Waals surface area contributed by atoms with Crippen molar-refractivity contribution < 1.29 is 25.2 Å². The zero-order valence-electron chi connectivity index (χ0n) is 15.4. The Morgan fingerprint density at radius 1 is 1.00 bits per heavy atom. The third-order valence-electron chi connectivity index (χ3n) is 9.19. The maximum atomic E-state index is 12.1. The van der Waals surface area contributed by atoms with Crippen LogP contribution >= 0.6 is 0 Å². The van der Waals surface area contributed by atoms with Gasteiger partial charge in [0.05, 0.1) is 17.6 Å². The molecule has 4 aliphatic carbocycles. The highest BCUT2D eigenvalue weighted by molar-refractivity contribution is 5.75. The second kappa shape index (κ2) is 4.99. The molecule has 0 radical (unpaired) electrons. The van der Waals surface area contributed by atoms with E-state index in [1.54, 1.807) is 0 Å². The molecule has 2 bridgehead atoms. The van der Waals surface area contributed by atoms with Crippen molar-refractivity contribution in [2.24, 2.45) is 28.1 Å². The van der Waals surface area contributed by atoms with E-state index >= 15 is 0 Å². The van der Waals surface area contributed by atoms with Crippen LogP contribution in [0.2, 0.25) is 0 Å². The molecule has 0 amide bonds. The summed E-state index contributed by atoms with van der Waals surface area (Å²) in [6, 6.07) is 0. The van der Waals surface area contributed by atoms with Gasteiger partial charge >= 0.3 is 5.97 Å². The lowest BCUT2D eigenvalue weighted by Gasteiger charge is -2.63. The smallest absolute Gasteiger partial charge is 0.309 e. The zero-order chi connectivity index (χ0) is 18.3. The van der Waals surface area contributed by atoms with Gasteiger partial charge in [-0.15, -0.1) is 0 Å². The topological polar surface area (TPSA) is 98.0 Å². The van der Waals surface area contributed by atoms with Gasteiger partial charge in [-0.05, 0) is 81.0 Å². The minimum absolute atomic E-state index is 0.0638. The first-order valence-electron chi connectivity index (χ1n) is 9.84. The van der Waals surface area contributed by atoms with Crippen molar-refractivity contribution in [2.45, 2.75) is 82.8 Å². The van der Waals surface area contributed by atoms with Gasteiger partial charge in [0.25, 0.3) is 0 Å². The van der Waals surface area contributed by atoms with Crippen LogP contribution in [0.15, 0.2) is 0 Å². The van der Waals surface area contributed by atoms with E-state index in [0.717, 1.165) is 38.5 Å². The molecule has 4 saturated carbocycles. The van der Waals surface area contributed by atoms with Crippen LogP contribution in [0.3, 0.4) is 0 Å². The molecule has 0 heterocycles. The molecule has 2 unspecified atom stereocenters. The Morgan fingerprint density at radius 2 is 1.68 bits per heavy atom. The average Bonchev–Trinajstić information content (AvgIpc) is 2.69. The van der Waals surface area contributed by atoms with Crippen molar-refractivity contribution in [1.29, 1.82) is 0 Å². The second-order valence-electron chi connectivity index (χ2n) is 10.2. The number of hydrogen-bond acceptors (Lipinski definition) is 4. The maximum Gasteiger partial charge on any atom is 0.309 e. The minimum Gasteiger partial charge on any atom is -0.481 e. The SMILES string of the molecule is C[C@@]12CCC[C@@](C)(C(=O)O)C1CC[C@]13C[C@@](O)(CO)[C@](O)(CCC12)C3. The van der Waals surface area contributed by atoms with E-state index in [1.165, 1.54) is 0 Å². The monoisotopic (exact) mass is 352 g/mol. The van der Waals surface area contributed by atoms with Crippen molar-refractivity contribution >= 4 is 5.97 Å². The molecular formula is C20H32O5. The summed E-state index contributed by atoms with van der Waals surface area (Å²) in [5.41, 5.74) is -3.49. The number of aliphatic hydroxyl groups is 3. The number of aliphatic hydroxyl groups excluding tert-OH is 1. The minimum atomic E-state index is -1.41. The predicted octanol–water partition coefficient (Wildman–Crippen LogP) is 2.32. The molecule has 7 atom stereocenters. The summed E-state index contributed by atoms with van der Waals surface area (Å²) < 4.78 is 0. The molecule has 0 aromatic rings. The molecular weight excluding hydrogens is 320 g/mol. The summed E-state index contributed by atoms with van der Waals surface area (Å²) in [4.78, 5) is 12.1. The van der Waals surface area contributed by atoms with Gasteiger partial charge in [-0.1, -0.05) is 13.3 Å². The van der Waals surface area contributed by atoms with Gasteiger partial charge in [0, 0.05) is 0 Å². The Bertz CT molecular complexity index is 605. The average molecular weight is 352 g/mol. The van der Waals surface area contributed by atoms with Gasteiger partial charge in [0.2, 0.25) is 0 Å². The molecule has 0 aliphatic heterocycles. The number of fused-ring (bicyclic) bond motifs is 3. The van der Waals surface area contributed by atoms with Crippen LogP contribution in [-0.2, 0) is 4.79 Å². The quantitative estimate of drug-likeness (QED) is 0.611. The Kier molecular flexibility index (Phi) is 3.54. The van der Waals surface area contributed by atoms with E-state index in [2.05, 4.69) is 6.92 Å². The number of carboxylic acids is 1. The first kappa shape index (κ1) is 17.7. The lowest BCUT2D eigenvalue weighted by Crippen LogP contribution is -2.59. The summed E-state index contributed by atoms with van der Waals surface area (Å²) in [6.45, 7) is 3.79. The molecule has 0 aromatic carbocycles. The van der Waals surface area contributed by atoms with Crippen molar-refractivity contribution in [3.8, 4) is 0 Å². The molecule has 5 heteroatoms. The molecule has 142 valence electrons. The number of aliphatic carboxylic acids is 1. The third kappa shape index (κ3) is 1.98. The number of hydrogen-bond donors (Lipinski definition) is 4. The molecule has 0 aromatic heterocycles. The highest BCUT2D eigenvalue weighted by atomic mass is 16.4. The van der Waals surface area contributed by atoms with E-state index in [4.69, 9.17) is 0 Å². The lowest BCUT2D eigenvalue weighted by molar-refractivity contribution is -0.190. The predicted molar refractivity (Wildman–Crippen MR) is 91.8 cm³/mol. The van der Waals surface area contributed by atoms with Gasteiger partial charge in [0.1, 0.15) is 5.60 Å². The normalized spacial score (nSPS) is 57.6. The molecule has 0 saturated heterocycles. The van der Waals surface area contributed by atoms with Crippen molar-refractivity contribution in [1.82, 2.24) is 0 Å². The van der Waals surface area contributed by atoms with Crippen LogP contribution in [0.5, 0.6) is 0 Å². The molecule has 4 N–H and O–H groups in total. The second-order valence-corrected chi connectivity index (χ2v) is 10.2. The van der Waals surface area contributed by atoms with Crippen LogP contribution in [-0.4, -0.2) is 44.2 Å². The highest BCUT2D eigenvalue weighted by Gasteiger charge is 2.72. The number of carbonyl (C=O) groups is 1. The van der Waals surface area contributed by atoms with Crippen LogP contribution in [0, 0.1) is 28.1 Å². The van der Waals surface area contributed by atoms with Crippen molar-refractivity contribution in [3.05, 3.63) is 0 Å². The Morgan fingerprint density at radius 3 is 2.32 bits per heavy atom. The molecule has 5 nitrogen and oxygen atoms in total. The highest BCUT2D eigenvalue weighted by Crippen LogP contribution is 2.73. The third-order valence-corrected chi connectivity index (χ3v) is 9.19. The Balaban J connectivity index is 1.75. The van der Waals surface area contributed by atoms with Gasteiger partial charge in [-0.2, -0.15) is 0 Å².